The van der Waals surface area contributed by atoms with Gasteiger partial charge in [-0.05, 0) is 37.5 Å². The minimum atomic E-state index is -4.53. The highest BCUT2D eigenvalue weighted by atomic mass is 19.4. The zero-order valence-corrected chi connectivity index (χ0v) is 18.2. The van der Waals surface area contributed by atoms with E-state index in [9.17, 15) is 26.7 Å². The van der Waals surface area contributed by atoms with Crippen LogP contribution in [0.3, 0.4) is 0 Å². The maximum atomic E-state index is 13.6. The molecule has 0 amide bonds. The summed E-state index contributed by atoms with van der Waals surface area (Å²) in [7, 11) is 0. The molecule has 1 aromatic carbocycles. The average Bonchev–Trinajstić information content (AvgIpc) is 2.76. The van der Waals surface area contributed by atoms with Crippen molar-refractivity contribution in [3.05, 3.63) is 63.8 Å². The molecule has 1 unspecified atom stereocenters. The van der Waals surface area contributed by atoms with Crippen molar-refractivity contribution < 1.29 is 22.0 Å². The van der Waals surface area contributed by atoms with Gasteiger partial charge in [-0.25, -0.2) is 18.7 Å². The van der Waals surface area contributed by atoms with Crippen LogP contribution in [0.5, 0.6) is 0 Å². The highest BCUT2D eigenvalue weighted by Gasteiger charge is 2.36. The van der Waals surface area contributed by atoms with Crippen molar-refractivity contribution in [1.82, 2.24) is 14.5 Å². The number of benzene rings is 1. The second kappa shape index (κ2) is 8.70. The van der Waals surface area contributed by atoms with E-state index in [1.807, 2.05) is 0 Å². The van der Waals surface area contributed by atoms with Crippen LogP contribution in [0.2, 0.25) is 0 Å². The third-order valence-electron chi connectivity index (χ3n) is 5.94. The number of nitrogens with zero attached hydrogens (tertiary/aromatic N) is 3. The summed E-state index contributed by atoms with van der Waals surface area (Å²) in [6.07, 6.45) is 2.27. The molecule has 5 nitrogen and oxygen atoms in total. The van der Waals surface area contributed by atoms with Gasteiger partial charge < -0.3 is 9.88 Å². The van der Waals surface area contributed by atoms with Crippen LogP contribution in [-0.2, 0) is 6.18 Å². The van der Waals surface area contributed by atoms with Gasteiger partial charge in [0.05, 0.1) is 16.5 Å². The van der Waals surface area contributed by atoms with Crippen molar-refractivity contribution in [2.75, 3.05) is 5.32 Å². The van der Waals surface area contributed by atoms with Crippen molar-refractivity contribution in [3.63, 3.8) is 0 Å². The van der Waals surface area contributed by atoms with Crippen molar-refractivity contribution in [1.29, 1.82) is 0 Å². The van der Waals surface area contributed by atoms with Crippen molar-refractivity contribution >= 4 is 16.7 Å². The summed E-state index contributed by atoms with van der Waals surface area (Å²) in [5.41, 5.74) is -0.682. The SMILES string of the molecule is C#CC(Nc1nc(C)nc2cc(=O)n(C3CCC(F)(F)CC3)cc12)c1cccc(C(F)(F)F)c1. The molecule has 3 aromatic rings. The van der Waals surface area contributed by atoms with Crippen LogP contribution in [-0.4, -0.2) is 20.5 Å². The molecule has 1 saturated carbocycles. The van der Waals surface area contributed by atoms with Gasteiger partial charge >= 0.3 is 6.18 Å². The number of fused-ring (bicyclic) bond motifs is 1. The van der Waals surface area contributed by atoms with Gasteiger partial charge in [-0.2, -0.15) is 13.2 Å². The minimum absolute atomic E-state index is 0.144. The minimum Gasteiger partial charge on any atom is -0.352 e. The first-order chi connectivity index (χ1) is 16.0. The summed E-state index contributed by atoms with van der Waals surface area (Å²) in [5.74, 6) is 0.254. The predicted molar refractivity (Wildman–Crippen MR) is 118 cm³/mol. The first-order valence-corrected chi connectivity index (χ1v) is 10.6. The number of terminal acetylenes is 1. The van der Waals surface area contributed by atoms with E-state index in [1.165, 1.54) is 29.0 Å². The predicted octanol–water partition coefficient (Wildman–Crippen LogP) is 5.66. The fourth-order valence-electron chi connectivity index (χ4n) is 4.19. The average molecular weight is 476 g/mol. The van der Waals surface area contributed by atoms with Crippen LogP contribution in [0.1, 0.15) is 54.7 Å². The zero-order valence-electron chi connectivity index (χ0n) is 18.2. The number of pyridine rings is 1. The van der Waals surface area contributed by atoms with E-state index in [4.69, 9.17) is 6.42 Å². The Morgan fingerprint density at radius 2 is 1.91 bits per heavy atom. The Labute approximate surface area is 192 Å². The number of hydrogen-bond acceptors (Lipinski definition) is 4. The third kappa shape index (κ3) is 4.88. The Kier molecular flexibility index (Phi) is 6.06. The molecule has 34 heavy (non-hydrogen) atoms. The monoisotopic (exact) mass is 476 g/mol. The largest absolute Gasteiger partial charge is 0.416 e. The molecule has 10 heteroatoms. The van der Waals surface area contributed by atoms with Crippen molar-refractivity contribution in [2.24, 2.45) is 0 Å². The van der Waals surface area contributed by atoms with Crippen LogP contribution in [0.25, 0.3) is 10.9 Å². The highest BCUT2D eigenvalue weighted by Crippen LogP contribution is 2.38. The van der Waals surface area contributed by atoms with E-state index in [-0.39, 0.29) is 42.6 Å². The highest BCUT2D eigenvalue weighted by molar-refractivity contribution is 5.88. The molecular formula is C24H21F5N4O. The molecular weight excluding hydrogens is 455 g/mol. The van der Waals surface area contributed by atoms with Crippen LogP contribution in [0.4, 0.5) is 27.8 Å². The second-order valence-electron chi connectivity index (χ2n) is 8.39. The number of alkyl halides is 5. The quantitative estimate of drug-likeness (QED) is 0.390. The van der Waals surface area contributed by atoms with E-state index in [0.29, 0.717) is 16.7 Å². The summed E-state index contributed by atoms with van der Waals surface area (Å²) >= 11 is 0. The Morgan fingerprint density at radius 3 is 2.56 bits per heavy atom. The first kappa shape index (κ1) is 23.7. The molecule has 0 spiro atoms. The lowest BCUT2D eigenvalue weighted by molar-refractivity contribution is -0.137. The van der Waals surface area contributed by atoms with Gasteiger partial charge in [0.1, 0.15) is 17.7 Å². The molecule has 178 valence electrons. The number of hydrogen-bond donors (Lipinski definition) is 1. The third-order valence-corrected chi connectivity index (χ3v) is 5.94. The number of rotatable bonds is 4. The smallest absolute Gasteiger partial charge is 0.352 e. The molecule has 1 atom stereocenters. The summed E-state index contributed by atoms with van der Waals surface area (Å²) < 4.78 is 68.1. The number of anilines is 1. The van der Waals surface area contributed by atoms with Gasteiger partial charge in [-0.3, -0.25) is 4.79 Å². The zero-order chi connectivity index (χ0) is 24.7. The Morgan fingerprint density at radius 1 is 1.21 bits per heavy atom. The lowest BCUT2D eigenvalue weighted by atomic mass is 9.92. The fourth-order valence-corrected chi connectivity index (χ4v) is 4.19. The van der Waals surface area contributed by atoms with Crippen LogP contribution >= 0.6 is 0 Å². The molecule has 0 bridgehead atoms. The number of halogens is 5. The van der Waals surface area contributed by atoms with Gasteiger partial charge in [-0.1, -0.05) is 18.1 Å². The second-order valence-corrected chi connectivity index (χ2v) is 8.39. The van der Waals surface area contributed by atoms with Gasteiger partial charge in [0.2, 0.25) is 5.92 Å². The van der Waals surface area contributed by atoms with Crippen LogP contribution < -0.4 is 10.9 Å². The van der Waals surface area contributed by atoms with E-state index < -0.39 is 29.7 Å². The summed E-state index contributed by atoms with van der Waals surface area (Å²) in [6.45, 7) is 1.61. The summed E-state index contributed by atoms with van der Waals surface area (Å²) in [6, 6.07) is 4.60. The molecule has 1 N–H and O–H groups in total. The Balaban J connectivity index is 1.73. The molecule has 2 heterocycles. The number of aromatic nitrogens is 3. The summed E-state index contributed by atoms with van der Waals surface area (Å²) in [5, 5.41) is 3.39. The van der Waals surface area contributed by atoms with Crippen molar-refractivity contribution in [3.8, 4) is 12.3 Å². The molecule has 1 aliphatic carbocycles. The molecule has 0 saturated heterocycles. The lowest BCUT2D eigenvalue weighted by Crippen LogP contribution is -2.31. The molecule has 2 aromatic heterocycles. The van der Waals surface area contributed by atoms with E-state index in [2.05, 4.69) is 21.2 Å². The Bertz CT molecular complexity index is 1320. The molecule has 0 aliphatic heterocycles. The van der Waals surface area contributed by atoms with E-state index in [0.717, 1.165) is 12.1 Å². The number of aryl methyl sites for hydroxylation is 1. The molecule has 1 fully saturated rings. The standard InChI is InChI=1S/C24H21F5N4O/c1-3-19(15-5-4-6-16(11-15)24(27,28)29)32-22-18-13-33(17-7-9-23(25,26)10-8-17)21(34)12-20(18)30-14(2)31-22/h1,4-6,11-13,17,19H,7-10H2,2H3,(H,30,31,32). The van der Waals surface area contributed by atoms with Gasteiger partial charge in [0.25, 0.3) is 5.56 Å². The maximum Gasteiger partial charge on any atom is 0.416 e. The van der Waals surface area contributed by atoms with Gasteiger partial charge in [0.15, 0.2) is 0 Å². The normalized spacial score (nSPS) is 17.3. The molecule has 1 aliphatic rings. The van der Waals surface area contributed by atoms with Crippen LogP contribution in [0, 0.1) is 19.3 Å². The molecule has 0 radical (unpaired) electrons. The van der Waals surface area contributed by atoms with Gasteiger partial charge in [-0.15, -0.1) is 6.42 Å². The topological polar surface area (TPSA) is 59.8 Å². The van der Waals surface area contributed by atoms with E-state index in [1.54, 1.807) is 6.92 Å². The van der Waals surface area contributed by atoms with E-state index >= 15 is 0 Å². The number of nitrogens with one attached hydrogen (secondary N) is 1. The van der Waals surface area contributed by atoms with Crippen molar-refractivity contribution in [2.45, 2.75) is 56.8 Å². The first-order valence-electron chi connectivity index (χ1n) is 10.6. The summed E-state index contributed by atoms with van der Waals surface area (Å²) in [4.78, 5) is 21.3. The lowest BCUT2D eigenvalue weighted by Gasteiger charge is -2.29. The fraction of sp³-hybridized carbons (Fsp3) is 0.375. The maximum absolute atomic E-state index is 13.6. The Hall–Kier alpha value is -3.48. The van der Waals surface area contributed by atoms with Crippen LogP contribution in [0.15, 0.2) is 41.3 Å². The van der Waals surface area contributed by atoms with Gasteiger partial charge in [0, 0.05) is 31.1 Å². The molecule has 4 rings (SSSR count).